The van der Waals surface area contributed by atoms with E-state index in [9.17, 15) is 9.59 Å². The maximum atomic E-state index is 12.6. The molecule has 2 aromatic rings. The highest BCUT2D eigenvalue weighted by atomic mass is 32.1. The number of rotatable bonds is 1. The number of amides is 2. The summed E-state index contributed by atoms with van der Waals surface area (Å²) in [4.78, 5) is 27.3. The normalized spacial score (nSPS) is 16.4. The molecule has 4 nitrogen and oxygen atoms in total. The fraction of sp³-hybridized carbons (Fsp3) is 0.250. The fourth-order valence-electron chi connectivity index (χ4n) is 2.95. The van der Waals surface area contributed by atoms with Gasteiger partial charge in [0.25, 0.3) is 5.91 Å². The Hall–Kier alpha value is -2.14. The lowest BCUT2D eigenvalue weighted by Gasteiger charge is -2.27. The van der Waals surface area contributed by atoms with Crippen LogP contribution < -0.4 is 5.32 Å². The minimum absolute atomic E-state index is 0.00418. The van der Waals surface area contributed by atoms with Gasteiger partial charge in [0.2, 0.25) is 5.91 Å². The van der Waals surface area contributed by atoms with Gasteiger partial charge in [0.05, 0.1) is 6.42 Å². The number of nitrogens with one attached hydrogen (secondary N) is 1. The molecule has 3 heterocycles. The molecule has 0 atom stereocenters. The summed E-state index contributed by atoms with van der Waals surface area (Å²) in [5, 5.41) is 4.89. The number of nitrogens with zero attached hydrogens (tertiary/aromatic N) is 1. The number of benzene rings is 1. The van der Waals surface area contributed by atoms with Gasteiger partial charge in [-0.2, -0.15) is 0 Å². The first-order valence-electron chi connectivity index (χ1n) is 6.98. The Morgan fingerprint density at radius 1 is 1.24 bits per heavy atom. The predicted molar refractivity (Wildman–Crippen MR) is 81.5 cm³/mol. The number of fused-ring (bicyclic) bond motifs is 2. The first-order valence-corrected chi connectivity index (χ1v) is 7.86. The monoisotopic (exact) mass is 298 g/mol. The zero-order valence-electron chi connectivity index (χ0n) is 11.4. The van der Waals surface area contributed by atoms with Gasteiger partial charge >= 0.3 is 0 Å². The topological polar surface area (TPSA) is 49.4 Å². The third kappa shape index (κ3) is 2.14. The molecule has 5 heteroatoms. The molecule has 1 N–H and O–H groups in total. The van der Waals surface area contributed by atoms with Crippen LogP contribution in [0.25, 0.3) is 0 Å². The van der Waals surface area contributed by atoms with E-state index in [1.165, 1.54) is 10.4 Å². The Morgan fingerprint density at radius 3 is 3.05 bits per heavy atom. The standard InChI is InChI=1S/C16H14N2O2S/c19-15-8-10-1-2-11(7-13(10)17-15)16(20)18-5-3-14-12(9-18)4-6-21-14/h1-2,4,6-7H,3,5,8-9H2,(H,17,19). The lowest BCUT2D eigenvalue weighted by Crippen LogP contribution is -2.35. The second-order valence-electron chi connectivity index (χ2n) is 5.44. The maximum Gasteiger partial charge on any atom is 0.254 e. The van der Waals surface area contributed by atoms with Crippen LogP contribution in [0.15, 0.2) is 29.6 Å². The summed E-state index contributed by atoms with van der Waals surface area (Å²) in [5.41, 5.74) is 3.65. The van der Waals surface area contributed by atoms with Gasteiger partial charge in [0, 0.05) is 29.2 Å². The smallest absolute Gasteiger partial charge is 0.254 e. The van der Waals surface area contributed by atoms with Crippen molar-refractivity contribution in [1.29, 1.82) is 0 Å². The first-order chi connectivity index (χ1) is 10.2. The Morgan fingerprint density at radius 2 is 2.14 bits per heavy atom. The molecular weight excluding hydrogens is 284 g/mol. The molecule has 0 radical (unpaired) electrons. The molecule has 1 aromatic heterocycles. The van der Waals surface area contributed by atoms with Crippen molar-refractivity contribution in [2.45, 2.75) is 19.4 Å². The quantitative estimate of drug-likeness (QED) is 0.879. The van der Waals surface area contributed by atoms with Crippen LogP contribution in [0.5, 0.6) is 0 Å². The zero-order chi connectivity index (χ0) is 14.4. The van der Waals surface area contributed by atoms with Crippen LogP contribution in [0, 0.1) is 0 Å². The Bertz CT molecular complexity index is 750. The van der Waals surface area contributed by atoms with Crippen LogP contribution >= 0.6 is 11.3 Å². The summed E-state index contributed by atoms with van der Waals surface area (Å²) in [6.45, 7) is 1.44. The molecule has 0 saturated carbocycles. The van der Waals surface area contributed by atoms with Crippen molar-refractivity contribution in [3.05, 3.63) is 51.2 Å². The van der Waals surface area contributed by atoms with Crippen LogP contribution in [0.3, 0.4) is 0 Å². The van der Waals surface area contributed by atoms with Gasteiger partial charge in [-0.15, -0.1) is 11.3 Å². The number of carbonyl (C=O) groups excluding carboxylic acids is 2. The van der Waals surface area contributed by atoms with Crippen LogP contribution in [0.4, 0.5) is 5.69 Å². The predicted octanol–water partition coefficient (Wildman–Crippen LogP) is 2.44. The van der Waals surface area contributed by atoms with Crippen LogP contribution in [0.2, 0.25) is 0 Å². The van der Waals surface area contributed by atoms with Crippen molar-refractivity contribution < 1.29 is 9.59 Å². The first kappa shape index (κ1) is 12.6. The van der Waals surface area contributed by atoms with Gasteiger partial charge in [0.15, 0.2) is 0 Å². The van der Waals surface area contributed by atoms with E-state index in [0.29, 0.717) is 18.5 Å². The van der Waals surface area contributed by atoms with E-state index in [1.54, 1.807) is 17.4 Å². The molecule has 0 saturated heterocycles. The molecule has 0 spiro atoms. The van der Waals surface area contributed by atoms with Gasteiger partial charge < -0.3 is 10.2 Å². The van der Waals surface area contributed by atoms with Crippen LogP contribution in [0.1, 0.15) is 26.4 Å². The van der Waals surface area contributed by atoms with Crippen LogP contribution in [-0.2, 0) is 24.2 Å². The molecule has 4 rings (SSSR count). The molecule has 106 valence electrons. The minimum Gasteiger partial charge on any atom is -0.334 e. The number of carbonyl (C=O) groups is 2. The second-order valence-corrected chi connectivity index (χ2v) is 6.44. The molecule has 0 unspecified atom stereocenters. The summed E-state index contributed by atoms with van der Waals surface area (Å²) in [6, 6.07) is 7.60. The zero-order valence-corrected chi connectivity index (χ0v) is 12.2. The Labute approximate surface area is 126 Å². The van der Waals surface area contributed by atoms with E-state index in [4.69, 9.17) is 0 Å². The van der Waals surface area contributed by atoms with Gasteiger partial charge in [-0.3, -0.25) is 9.59 Å². The number of hydrogen-bond acceptors (Lipinski definition) is 3. The summed E-state index contributed by atoms with van der Waals surface area (Å²) in [6.07, 6.45) is 1.34. The van der Waals surface area contributed by atoms with Crippen molar-refractivity contribution in [3.63, 3.8) is 0 Å². The van der Waals surface area contributed by atoms with E-state index >= 15 is 0 Å². The van der Waals surface area contributed by atoms with Crippen molar-refractivity contribution in [2.75, 3.05) is 11.9 Å². The lowest BCUT2D eigenvalue weighted by atomic mass is 10.1. The number of thiophene rings is 1. The highest BCUT2D eigenvalue weighted by Crippen LogP contribution is 2.27. The molecule has 2 amide bonds. The van der Waals surface area contributed by atoms with Gasteiger partial charge in [-0.1, -0.05) is 6.07 Å². The van der Waals surface area contributed by atoms with Crippen molar-refractivity contribution in [1.82, 2.24) is 4.90 Å². The van der Waals surface area contributed by atoms with Gasteiger partial charge in [0.1, 0.15) is 0 Å². The van der Waals surface area contributed by atoms with E-state index in [-0.39, 0.29) is 11.8 Å². The average Bonchev–Trinajstić information content (AvgIpc) is 3.09. The summed E-state index contributed by atoms with van der Waals surface area (Å²) < 4.78 is 0. The second kappa shape index (κ2) is 4.70. The van der Waals surface area contributed by atoms with Crippen LogP contribution in [-0.4, -0.2) is 23.3 Å². The maximum absolute atomic E-state index is 12.6. The highest BCUT2D eigenvalue weighted by Gasteiger charge is 2.24. The van der Waals surface area contributed by atoms with E-state index in [2.05, 4.69) is 16.8 Å². The Kier molecular flexibility index (Phi) is 2.82. The molecule has 21 heavy (non-hydrogen) atoms. The molecular formula is C16H14N2O2S. The van der Waals surface area contributed by atoms with E-state index in [1.807, 2.05) is 17.0 Å². The summed E-state index contributed by atoms with van der Waals surface area (Å²) >= 11 is 1.77. The number of anilines is 1. The molecule has 0 aliphatic carbocycles. The fourth-order valence-corrected chi connectivity index (χ4v) is 3.84. The highest BCUT2D eigenvalue weighted by molar-refractivity contribution is 7.10. The van der Waals surface area contributed by atoms with Crippen molar-refractivity contribution in [3.8, 4) is 0 Å². The Balaban J connectivity index is 1.59. The van der Waals surface area contributed by atoms with E-state index in [0.717, 1.165) is 24.2 Å². The molecule has 2 aliphatic heterocycles. The molecule has 1 aromatic carbocycles. The lowest BCUT2D eigenvalue weighted by molar-refractivity contribution is -0.115. The van der Waals surface area contributed by atoms with Crippen molar-refractivity contribution in [2.24, 2.45) is 0 Å². The SMILES string of the molecule is O=C1Cc2ccc(C(=O)N3CCc4sccc4C3)cc2N1. The largest absolute Gasteiger partial charge is 0.334 e. The molecule has 2 aliphatic rings. The average molecular weight is 298 g/mol. The third-order valence-corrected chi connectivity index (χ3v) is 5.10. The molecule has 0 bridgehead atoms. The summed E-state index contributed by atoms with van der Waals surface area (Å²) in [5.74, 6) is 0.0336. The van der Waals surface area contributed by atoms with Crippen molar-refractivity contribution >= 4 is 28.8 Å². The van der Waals surface area contributed by atoms with E-state index < -0.39 is 0 Å². The third-order valence-electron chi connectivity index (χ3n) is 4.08. The number of hydrogen-bond donors (Lipinski definition) is 1. The minimum atomic E-state index is -0.00418. The van der Waals surface area contributed by atoms with Gasteiger partial charge in [-0.25, -0.2) is 0 Å². The molecule has 0 fully saturated rings. The van der Waals surface area contributed by atoms with Gasteiger partial charge in [-0.05, 0) is 41.1 Å². The summed E-state index contributed by atoms with van der Waals surface area (Å²) in [7, 11) is 0.